The van der Waals surface area contributed by atoms with Gasteiger partial charge in [0, 0.05) is 37.4 Å². The highest BCUT2D eigenvalue weighted by atomic mass is 35.5. The van der Waals surface area contributed by atoms with E-state index in [2.05, 4.69) is 10.6 Å². The number of nitro benzene ring substituents is 3. The molecule has 2 rings (SSSR count). The second-order valence-corrected chi connectivity index (χ2v) is 6.65. The Morgan fingerprint density at radius 2 is 1.47 bits per heavy atom. The number of nitrogens with zero attached hydrogens (tertiary/aromatic N) is 3. The lowest BCUT2D eigenvalue weighted by molar-refractivity contribution is -0.392. The Hall–Kier alpha value is -3.72. The Labute approximate surface area is 181 Å². The number of hydrogen-bond acceptors (Lipinski definition) is 9. The first kappa shape index (κ1) is 24.5. The summed E-state index contributed by atoms with van der Waals surface area (Å²) in [6.07, 6.45) is -6.40. The maximum atomic E-state index is 12.9. The minimum atomic E-state index is -5.05. The molecule has 0 aromatic heterocycles. The summed E-state index contributed by atoms with van der Waals surface area (Å²) in [6.45, 7) is -0.780. The standard InChI is InChI=1S/C16H13ClF3N5O7/c17-11-5-9(23(27)28)1-2-12(11)21-6-10(26)7-22-15-13(24(29)30)3-8(16(18,19)20)4-14(15)25(31)32/h1-5,10,21-22,26H,6-7H2/t10-/m0/s1. The first-order valence-electron chi connectivity index (χ1n) is 8.45. The zero-order valence-electron chi connectivity index (χ0n) is 15.6. The minimum Gasteiger partial charge on any atom is -0.389 e. The Balaban J connectivity index is 2.18. The third kappa shape index (κ3) is 5.92. The summed E-state index contributed by atoms with van der Waals surface area (Å²) in [5.41, 5.74) is -4.82. The van der Waals surface area contributed by atoms with Gasteiger partial charge in [-0.3, -0.25) is 30.3 Å². The number of non-ortho nitro benzene ring substituents is 1. The molecule has 32 heavy (non-hydrogen) atoms. The summed E-state index contributed by atoms with van der Waals surface area (Å²) in [6, 6.07) is 3.77. The molecule has 12 nitrogen and oxygen atoms in total. The van der Waals surface area contributed by atoms with E-state index < -0.39 is 56.2 Å². The minimum absolute atomic E-state index is 0.0339. The normalized spacial score (nSPS) is 12.2. The van der Waals surface area contributed by atoms with Crippen molar-refractivity contribution in [2.45, 2.75) is 12.3 Å². The van der Waals surface area contributed by atoms with E-state index in [9.17, 15) is 48.6 Å². The van der Waals surface area contributed by atoms with Crippen LogP contribution in [0.25, 0.3) is 0 Å². The molecule has 0 aliphatic heterocycles. The number of halogens is 4. The van der Waals surface area contributed by atoms with Crippen molar-refractivity contribution in [2.75, 3.05) is 23.7 Å². The molecule has 0 aliphatic rings. The first-order chi connectivity index (χ1) is 14.8. The van der Waals surface area contributed by atoms with Crippen LogP contribution in [0.3, 0.4) is 0 Å². The van der Waals surface area contributed by atoms with Crippen LogP contribution >= 0.6 is 11.6 Å². The number of aliphatic hydroxyl groups is 1. The molecule has 3 N–H and O–H groups in total. The summed E-state index contributed by atoms with van der Waals surface area (Å²) in [5, 5.41) is 48.0. The number of benzene rings is 2. The van der Waals surface area contributed by atoms with Gasteiger partial charge >= 0.3 is 6.18 Å². The van der Waals surface area contributed by atoms with Crippen LogP contribution < -0.4 is 10.6 Å². The molecule has 2 aromatic rings. The second-order valence-electron chi connectivity index (χ2n) is 6.24. The van der Waals surface area contributed by atoms with E-state index in [0.29, 0.717) is 0 Å². The van der Waals surface area contributed by atoms with Crippen molar-refractivity contribution >= 4 is 40.0 Å². The lowest BCUT2D eigenvalue weighted by Crippen LogP contribution is -2.28. The summed E-state index contributed by atoms with van der Waals surface area (Å²) in [7, 11) is 0. The van der Waals surface area contributed by atoms with Crippen LogP contribution in [0.5, 0.6) is 0 Å². The number of nitrogens with one attached hydrogen (secondary N) is 2. The third-order valence-electron chi connectivity index (χ3n) is 4.02. The van der Waals surface area contributed by atoms with E-state index in [0.717, 1.165) is 12.1 Å². The van der Waals surface area contributed by atoms with Crippen LogP contribution in [0.4, 0.5) is 41.6 Å². The average molecular weight is 480 g/mol. The van der Waals surface area contributed by atoms with Crippen molar-refractivity contribution in [1.29, 1.82) is 0 Å². The van der Waals surface area contributed by atoms with Crippen LogP contribution in [-0.4, -0.2) is 39.1 Å². The first-order valence-corrected chi connectivity index (χ1v) is 8.82. The molecule has 2 aromatic carbocycles. The van der Waals surface area contributed by atoms with Crippen molar-refractivity contribution in [2.24, 2.45) is 0 Å². The Morgan fingerprint density at radius 3 is 1.91 bits per heavy atom. The van der Waals surface area contributed by atoms with Gasteiger partial charge in [0.1, 0.15) is 0 Å². The lowest BCUT2D eigenvalue weighted by Gasteiger charge is -2.16. The Morgan fingerprint density at radius 1 is 0.938 bits per heavy atom. The number of hydrogen-bond donors (Lipinski definition) is 3. The van der Waals surface area contributed by atoms with E-state index in [1.54, 1.807) is 0 Å². The molecule has 16 heteroatoms. The summed E-state index contributed by atoms with van der Waals surface area (Å²) >= 11 is 5.89. The molecule has 0 heterocycles. The van der Waals surface area contributed by atoms with Gasteiger partial charge in [0.05, 0.1) is 37.1 Å². The fraction of sp³-hybridized carbons (Fsp3) is 0.250. The molecular weight excluding hydrogens is 467 g/mol. The van der Waals surface area contributed by atoms with Crippen LogP contribution in [0, 0.1) is 30.3 Å². The monoisotopic (exact) mass is 479 g/mol. The number of alkyl halides is 3. The zero-order chi connectivity index (χ0) is 24.2. The largest absolute Gasteiger partial charge is 0.416 e. The van der Waals surface area contributed by atoms with Gasteiger partial charge in [-0.15, -0.1) is 0 Å². The van der Waals surface area contributed by atoms with E-state index in [4.69, 9.17) is 11.6 Å². The number of aliphatic hydroxyl groups excluding tert-OH is 1. The molecule has 0 unspecified atom stereocenters. The Bertz CT molecular complexity index is 1030. The highest BCUT2D eigenvalue weighted by Crippen LogP contribution is 2.41. The van der Waals surface area contributed by atoms with Gasteiger partial charge in [-0.05, 0) is 6.07 Å². The molecule has 0 saturated heterocycles. The third-order valence-corrected chi connectivity index (χ3v) is 4.34. The van der Waals surface area contributed by atoms with E-state index in [1.807, 2.05) is 0 Å². The number of nitro groups is 3. The maximum absolute atomic E-state index is 12.9. The topological polar surface area (TPSA) is 174 Å². The molecule has 0 amide bonds. The van der Waals surface area contributed by atoms with Crippen LogP contribution in [0.15, 0.2) is 30.3 Å². The van der Waals surface area contributed by atoms with Gasteiger partial charge in [-0.1, -0.05) is 11.6 Å². The molecule has 0 fully saturated rings. The quantitative estimate of drug-likeness (QED) is 0.355. The second kappa shape index (κ2) is 9.61. The van der Waals surface area contributed by atoms with Gasteiger partial charge in [0.25, 0.3) is 17.1 Å². The maximum Gasteiger partial charge on any atom is 0.416 e. The SMILES string of the molecule is O=[N+]([O-])c1ccc(NC[C@H](O)CNc2c([N+](=O)[O-])cc(C(F)(F)F)cc2[N+](=O)[O-])c(Cl)c1. The molecule has 0 radical (unpaired) electrons. The molecule has 1 atom stereocenters. The molecule has 0 aliphatic carbocycles. The number of rotatable bonds is 9. The number of anilines is 2. The summed E-state index contributed by atoms with van der Waals surface area (Å²) in [5.74, 6) is 0. The van der Waals surface area contributed by atoms with Crippen molar-refractivity contribution in [3.63, 3.8) is 0 Å². The predicted octanol–water partition coefficient (Wildman–Crippen LogP) is 3.97. The summed E-state index contributed by atoms with van der Waals surface area (Å²) in [4.78, 5) is 30.0. The van der Waals surface area contributed by atoms with Crippen LogP contribution in [0.2, 0.25) is 5.02 Å². The highest BCUT2D eigenvalue weighted by molar-refractivity contribution is 6.33. The fourth-order valence-corrected chi connectivity index (χ4v) is 2.77. The van der Waals surface area contributed by atoms with E-state index >= 15 is 0 Å². The molecular formula is C16H13ClF3N5O7. The van der Waals surface area contributed by atoms with E-state index in [1.165, 1.54) is 6.07 Å². The fourth-order valence-electron chi connectivity index (χ4n) is 2.53. The molecule has 0 spiro atoms. The smallest absolute Gasteiger partial charge is 0.389 e. The van der Waals surface area contributed by atoms with Gasteiger partial charge < -0.3 is 15.7 Å². The van der Waals surface area contributed by atoms with Gasteiger partial charge in [-0.25, -0.2) is 0 Å². The van der Waals surface area contributed by atoms with Gasteiger partial charge in [0.2, 0.25) is 0 Å². The van der Waals surface area contributed by atoms with Crippen molar-refractivity contribution in [3.8, 4) is 0 Å². The molecule has 0 bridgehead atoms. The zero-order valence-corrected chi connectivity index (χ0v) is 16.4. The van der Waals surface area contributed by atoms with Crippen molar-refractivity contribution in [1.82, 2.24) is 0 Å². The van der Waals surface area contributed by atoms with Crippen molar-refractivity contribution in [3.05, 3.63) is 71.3 Å². The van der Waals surface area contributed by atoms with Crippen LogP contribution in [-0.2, 0) is 6.18 Å². The molecule has 172 valence electrons. The summed E-state index contributed by atoms with van der Waals surface area (Å²) < 4.78 is 38.8. The van der Waals surface area contributed by atoms with Crippen molar-refractivity contribution < 1.29 is 33.0 Å². The van der Waals surface area contributed by atoms with E-state index in [-0.39, 0.29) is 35.1 Å². The van der Waals surface area contributed by atoms with Gasteiger partial charge in [0.15, 0.2) is 5.69 Å². The highest BCUT2D eigenvalue weighted by Gasteiger charge is 2.37. The molecule has 0 saturated carbocycles. The van der Waals surface area contributed by atoms with Gasteiger partial charge in [-0.2, -0.15) is 13.2 Å². The average Bonchev–Trinajstić information content (AvgIpc) is 2.69. The Kier molecular flexibility index (Phi) is 7.37. The predicted molar refractivity (Wildman–Crippen MR) is 106 cm³/mol. The van der Waals surface area contributed by atoms with Crippen LogP contribution in [0.1, 0.15) is 5.56 Å². The lowest BCUT2D eigenvalue weighted by atomic mass is 10.1.